The Balaban J connectivity index is 2.27. The topological polar surface area (TPSA) is 77.2 Å². The highest BCUT2D eigenvalue weighted by molar-refractivity contribution is 5.89. The molecule has 0 spiro atoms. The van der Waals surface area contributed by atoms with E-state index in [1.54, 1.807) is 18.2 Å². The van der Waals surface area contributed by atoms with Crippen LogP contribution in [0.1, 0.15) is 10.5 Å². The number of carbonyl (C=O) groups excluding carboxylic acids is 1. The Morgan fingerprint density at radius 2 is 2.00 bits per heavy atom. The van der Waals surface area contributed by atoms with Gasteiger partial charge in [-0.3, -0.25) is 0 Å². The summed E-state index contributed by atoms with van der Waals surface area (Å²) >= 11 is 0. The fraction of sp³-hybridized carbons (Fsp3) is 0.0769. The van der Waals surface area contributed by atoms with Crippen LogP contribution >= 0.6 is 0 Å². The fourth-order valence-corrected chi connectivity index (χ4v) is 1.51. The molecular weight excluding hydrogens is 249 g/mol. The van der Waals surface area contributed by atoms with Gasteiger partial charge in [-0.1, -0.05) is 0 Å². The number of ether oxygens (including phenoxy) is 1. The molecule has 0 unspecified atom stereocenters. The average molecular weight is 261 g/mol. The molecule has 98 valence electrons. The van der Waals surface area contributed by atoms with E-state index in [0.29, 0.717) is 17.2 Å². The Bertz CT molecular complexity index is 599. The summed E-state index contributed by atoms with van der Waals surface area (Å²) in [7, 11) is 1.26. The van der Waals surface area contributed by atoms with Crippen molar-refractivity contribution in [1.29, 1.82) is 0 Å². The van der Waals surface area contributed by atoms with Crippen molar-refractivity contribution in [2.45, 2.75) is 0 Å². The lowest BCUT2D eigenvalue weighted by atomic mass is 10.3. The second kappa shape index (κ2) is 5.34. The smallest absolute Gasteiger partial charge is 0.356 e. The summed E-state index contributed by atoms with van der Waals surface area (Å²) in [5.74, 6) is -0.525. The summed E-state index contributed by atoms with van der Waals surface area (Å²) in [6, 6.07) is 8.72. The van der Waals surface area contributed by atoms with Crippen molar-refractivity contribution in [2.75, 3.05) is 18.2 Å². The maximum atomic E-state index is 12.8. The minimum atomic E-state index is -0.575. The molecule has 0 bridgehead atoms. The van der Waals surface area contributed by atoms with Crippen LogP contribution < -0.4 is 11.1 Å². The number of anilines is 3. The molecular formula is C13H12FN3O2. The number of nitrogens with one attached hydrogen (secondary N) is 1. The molecule has 0 radical (unpaired) electrons. The minimum Gasteiger partial charge on any atom is -0.464 e. The summed E-state index contributed by atoms with van der Waals surface area (Å²) < 4.78 is 17.4. The lowest BCUT2D eigenvalue weighted by molar-refractivity contribution is 0.0594. The highest BCUT2D eigenvalue weighted by atomic mass is 19.1. The lowest BCUT2D eigenvalue weighted by Gasteiger charge is -2.08. The van der Waals surface area contributed by atoms with Gasteiger partial charge in [0.05, 0.1) is 7.11 Å². The number of benzene rings is 1. The van der Waals surface area contributed by atoms with Crippen LogP contribution in [-0.2, 0) is 4.74 Å². The van der Waals surface area contributed by atoms with Gasteiger partial charge in [-0.15, -0.1) is 0 Å². The Morgan fingerprint density at radius 1 is 1.32 bits per heavy atom. The third-order valence-electron chi connectivity index (χ3n) is 2.36. The molecule has 1 aromatic carbocycles. The van der Waals surface area contributed by atoms with E-state index < -0.39 is 5.97 Å². The van der Waals surface area contributed by atoms with Crippen molar-refractivity contribution in [1.82, 2.24) is 4.98 Å². The van der Waals surface area contributed by atoms with E-state index in [1.807, 2.05) is 0 Å². The van der Waals surface area contributed by atoms with E-state index in [1.165, 1.54) is 25.3 Å². The molecule has 0 saturated heterocycles. The van der Waals surface area contributed by atoms with Gasteiger partial charge >= 0.3 is 5.97 Å². The molecule has 6 heteroatoms. The first-order valence-corrected chi connectivity index (χ1v) is 5.47. The molecule has 0 atom stereocenters. The third kappa shape index (κ3) is 3.19. The molecule has 1 heterocycles. The summed E-state index contributed by atoms with van der Waals surface area (Å²) in [5, 5.41) is 2.93. The summed E-state index contributed by atoms with van der Waals surface area (Å²) in [4.78, 5) is 15.5. The number of nitrogen functional groups attached to an aromatic ring is 1. The maximum absolute atomic E-state index is 12.8. The number of aromatic nitrogens is 1. The van der Waals surface area contributed by atoms with Gasteiger partial charge in [0.2, 0.25) is 0 Å². The Morgan fingerprint density at radius 3 is 2.63 bits per heavy atom. The highest BCUT2D eigenvalue weighted by Crippen LogP contribution is 2.18. The van der Waals surface area contributed by atoms with Crippen LogP contribution in [-0.4, -0.2) is 18.1 Å². The largest absolute Gasteiger partial charge is 0.464 e. The van der Waals surface area contributed by atoms with Crippen molar-refractivity contribution in [3.8, 4) is 0 Å². The van der Waals surface area contributed by atoms with Crippen LogP contribution in [0.5, 0.6) is 0 Å². The maximum Gasteiger partial charge on any atom is 0.356 e. The van der Waals surface area contributed by atoms with E-state index in [2.05, 4.69) is 15.0 Å². The Hall–Kier alpha value is -2.63. The van der Waals surface area contributed by atoms with Crippen molar-refractivity contribution in [3.63, 3.8) is 0 Å². The Kier molecular flexibility index (Phi) is 3.61. The second-order valence-electron chi connectivity index (χ2n) is 3.79. The SMILES string of the molecule is COC(=O)c1cc(N)cc(Nc2ccc(F)cc2)n1. The lowest BCUT2D eigenvalue weighted by Crippen LogP contribution is -2.07. The number of halogens is 1. The van der Waals surface area contributed by atoms with Crippen LogP contribution in [0, 0.1) is 5.82 Å². The number of nitrogens with two attached hydrogens (primary N) is 1. The van der Waals surface area contributed by atoms with Crippen molar-refractivity contribution in [2.24, 2.45) is 0 Å². The van der Waals surface area contributed by atoms with Crippen LogP contribution in [0.3, 0.4) is 0 Å². The first-order valence-electron chi connectivity index (χ1n) is 5.47. The van der Waals surface area contributed by atoms with Gasteiger partial charge in [0.1, 0.15) is 11.6 Å². The highest BCUT2D eigenvalue weighted by Gasteiger charge is 2.09. The van der Waals surface area contributed by atoms with Gasteiger partial charge < -0.3 is 15.8 Å². The number of esters is 1. The summed E-state index contributed by atoms with van der Waals surface area (Å²) in [5.41, 5.74) is 6.80. The minimum absolute atomic E-state index is 0.104. The number of hydrogen-bond donors (Lipinski definition) is 2. The number of carbonyl (C=O) groups is 1. The molecule has 3 N–H and O–H groups in total. The van der Waals surface area contributed by atoms with Crippen LogP contribution in [0.15, 0.2) is 36.4 Å². The van der Waals surface area contributed by atoms with Gasteiger partial charge in [0.15, 0.2) is 5.69 Å². The molecule has 0 fully saturated rings. The zero-order valence-electron chi connectivity index (χ0n) is 10.2. The molecule has 19 heavy (non-hydrogen) atoms. The van der Waals surface area contributed by atoms with Gasteiger partial charge in [-0.05, 0) is 30.3 Å². The first kappa shape index (κ1) is 12.8. The van der Waals surface area contributed by atoms with E-state index >= 15 is 0 Å². The van der Waals surface area contributed by atoms with Gasteiger partial charge in [0, 0.05) is 17.4 Å². The molecule has 0 aliphatic rings. The quantitative estimate of drug-likeness (QED) is 0.829. The van der Waals surface area contributed by atoms with Gasteiger partial charge in [-0.2, -0.15) is 0 Å². The van der Waals surface area contributed by atoms with Crippen LogP contribution in [0.4, 0.5) is 21.6 Å². The number of methoxy groups -OCH3 is 1. The zero-order valence-corrected chi connectivity index (χ0v) is 10.2. The monoisotopic (exact) mass is 261 g/mol. The predicted molar refractivity (Wildman–Crippen MR) is 69.7 cm³/mol. The molecule has 5 nitrogen and oxygen atoms in total. The van der Waals surface area contributed by atoms with Crippen molar-refractivity contribution in [3.05, 3.63) is 47.9 Å². The summed E-state index contributed by atoms with van der Waals surface area (Å²) in [6.45, 7) is 0. The van der Waals surface area contributed by atoms with Gasteiger partial charge in [-0.25, -0.2) is 14.2 Å². The number of pyridine rings is 1. The van der Waals surface area contributed by atoms with Crippen molar-refractivity contribution < 1.29 is 13.9 Å². The van der Waals surface area contributed by atoms with E-state index in [4.69, 9.17) is 5.73 Å². The summed E-state index contributed by atoms with van der Waals surface area (Å²) in [6.07, 6.45) is 0. The number of rotatable bonds is 3. The zero-order chi connectivity index (χ0) is 13.8. The molecule has 1 aromatic heterocycles. The molecule has 2 aromatic rings. The predicted octanol–water partition coefficient (Wildman–Crippen LogP) is 2.33. The van der Waals surface area contributed by atoms with Gasteiger partial charge in [0.25, 0.3) is 0 Å². The second-order valence-corrected chi connectivity index (χ2v) is 3.79. The molecule has 0 amide bonds. The fourth-order valence-electron chi connectivity index (χ4n) is 1.51. The first-order chi connectivity index (χ1) is 9.08. The molecule has 0 saturated carbocycles. The van der Waals surface area contributed by atoms with E-state index in [-0.39, 0.29) is 11.5 Å². The van der Waals surface area contributed by atoms with E-state index in [9.17, 15) is 9.18 Å². The number of hydrogen-bond acceptors (Lipinski definition) is 5. The van der Waals surface area contributed by atoms with Crippen LogP contribution in [0.25, 0.3) is 0 Å². The van der Waals surface area contributed by atoms with E-state index in [0.717, 1.165) is 0 Å². The molecule has 0 aliphatic carbocycles. The Labute approximate surface area is 109 Å². The third-order valence-corrected chi connectivity index (χ3v) is 2.36. The average Bonchev–Trinajstić information content (AvgIpc) is 2.40. The molecule has 2 rings (SSSR count). The normalized spacial score (nSPS) is 10.0. The molecule has 0 aliphatic heterocycles. The van der Waals surface area contributed by atoms with Crippen molar-refractivity contribution >= 4 is 23.2 Å². The van der Waals surface area contributed by atoms with Crippen LogP contribution in [0.2, 0.25) is 0 Å². The number of nitrogens with zero attached hydrogens (tertiary/aromatic N) is 1. The standard InChI is InChI=1S/C13H12FN3O2/c1-19-13(18)11-6-9(15)7-12(17-11)16-10-4-2-8(14)3-5-10/h2-7H,1H3,(H3,15,16,17).